The monoisotopic (exact) mass is 434 g/mol. The largest absolute Gasteiger partial charge is 0.493 e. The number of hydrogen-bond acceptors (Lipinski definition) is 7. The van der Waals surface area contributed by atoms with Gasteiger partial charge in [-0.3, -0.25) is 9.69 Å². The normalized spacial score (nSPS) is 19.1. The number of nitrogens with one attached hydrogen (secondary N) is 1. The number of likely N-dealkylation sites (N-methyl/N-ethyl adjacent to an activating group) is 1. The number of aliphatic hydroxyl groups is 1. The Morgan fingerprint density at radius 1 is 1.13 bits per heavy atom. The van der Waals surface area contributed by atoms with Crippen molar-refractivity contribution in [1.29, 1.82) is 0 Å². The number of carbonyl (C=O) groups is 1. The maximum absolute atomic E-state index is 11.7. The Balaban J connectivity index is 1.39. The van der Waals surface area contributed by atoms with Gasteiger partial charge in [-0.25, -0.2) is 0 Å². The van der Waals surface area contributed by atoms with Gasteiger partial charge in [-0.2, -0.15) is 0 Å². The standard InChI is InChI=1S/C23H38N4O4/c1-3-25-11-13-26(14-12-25)17-20(28)18-31-21-7-6-19(15-22(21)30-2)16-24-8-10-27-9-4-5-23(27)29/h6-7,15,20,24,28H,3-5,8-14,16-18H2,1-2H3/t20-/m1/s1. The number of methoxy groups -OCH3 is 1. The molecule has 8 nitrogen and oxygen atoms in total. The second-order valence-electron chi connectivity index (χ2n) is 8.35. The van der Waals surface area contributed by atoms with E-state index >= 15 is 0 Å². The summed E-state index contributed by atoms with van der Waals surface area (Å²) in [6.07, 6.45) is 1.12. The third-order valence-corrected chi connectivity index (χ3v) is 6.10. The number of aliphatic hydroxyl groups excluding tert-OH is 1. The molecule has 2 N–H and O–H groups in total. The van der Waals surface area contributed by atoms with Crippen molar-refractivity contribution in [3.8, 4) is 11.5 Å². The van der Waals surface area contributed by atoms with E-state index in [1.54, 1.807) is 7.11 Å². The van der Waals surface area contributed by atoms with Crippen LogP contribution in [0.25, 0.3) is 0 Å². The molecule has 0 spiro atoms. The molecule has 1 aromatic carbocycles. The number of ether oxygens (including phenoxy) is 2. The van der Waals surface area contributed by atoms with Gasteiger partial charge in [0.25, 0.3) is 0 Å². The number of carbonyl (C=O) groups excluding carboxylic acids is 1. The van der Waals surface area contributed by atoms with Crippen LogP contribution in [0, 0.1) is 0 Å². The maximum Gasteiger partial charge on any atom is 0.222 e. The molecular formula is C23H38N4O4. The van der Waals surface area contributed by atoms with E-state index in [-0.39, 0.29) is 12.5 Å². The number of piperazine rings is 1. The Hall–Kier alpha value is -1.87. The molecule has 0 aliphatic carbocycles. The van der Waals surface area contributed by atoms with Crippen molar-refractivity contribution >= 4 is 5.91 Å². The van der Waals surface area contributed by atoms with Crippen LogP contribution in [0.4, 0.5) is 0 Å². The Kier molecular flexibility index (Phi) is 9.39. The van der Waals surface area contributed by atoms with Crippen molar-refractivity contribution in [3.63, 3.8) is 0 Å². The lowest BCUT2D eigenvalue weighted by molar-refractivity contribution is -0.127. The number of amides is 1. The number of benzene rings is 1. The molecule has 2 fully saturated rings. The van der Waals surface area contributed by atoms with Crippen LogP contribution in [0.15, 0.2) is 18.2 Å². The minimum Gasteiger partial charge on any atom is -0.493 e. The van der Waals surface area contributed by atoms with Crippen molar-refractivity contribution in [1.82, 2.24) is 20.0 Å². The van der Waals surface area contributed by atoms with Crippen LogP contribution in [0.3, 0.4) is 0 Å². The van der Waals surface area contributed by atoms with Crippen LogP contribution in [0.5, 0.6) is 11.5 Å². The van der Waals surface area contributed by atoms with Gasteiger partial charge in [0.2, 0.25) is 5.91 Å². The zero-order valence-electron chi connectivity index (χ0n) is 19.0. The summed E-state index contributed by atoms with van der Waals surface area (Å²) in [5.41, 5.74) is 1.09. The van der Waals surface area contributed by atoms with Crippen molar-refractivity contribution < 1.29 is 19.4 Å². The summed E-state index contributed by atoms with van der Waals surface area (Å²) in [4.78, 5) is 18.3. The predicted molar refractivity (Wildman–Crippen MR) is 121 cm³/mol. The number of hydrogen-bond donors (Lipinski definition) is 2. The molecule has 0 unspecified atom stereocenters. The molecule has 31 heavy (non-hydrogen) atoms. The number of rotatable bonds is 12. The molecule has 1 aromatic rings. The molecule has 1 amide bonds. The molecule has 2 aliphatic rings. The fourth-order valence-corrected chi connectivity index (χ4v) is 4.15. The van der Waals surface area contributed by atoms with Crippen LogP contribution in [0.1, 0.15) is 25.3 Å². The van der Waals surface area contributed by atoms with Crippen LogP contribution in [-0.4, -0.2) is 104 Å². The van der Waals surface area contributed by atoms with E-state index in [2.05, 4.69) is 22.0 Å². The highest BCUT2D eigenvalue weighted by Crippen LogP contribution is 2.28. The summed E-state index contributed by atoms with van der Waals surface area (Å²) >= 11 is 0. The topological polar surface area (TPSA) is 77.5 Å². The first-order valence-corrected chi connectivity index (χ1v) is 11.5. The molecule has 3 rings (SSSR count). The fraction of sp³-hybridized carbons (Fsp3) is 0.696. The van der Waals surface area contributed by atoms with E-state index in [4.69, 9.17) is 9.47 Å². The van der Waals surface area contributed by atoms with Gasteiger partial charge in [0.1, 0.15) is 12.7 Å². The highest BCUT2D eigenvalue weighted by molar-refractivity contribution is 5.78. The average molecular weight is 435 g/mol. The zero-order chi connectivity index (χ0) is 22.1. The van der Waals surface area contributed by atoms with Gasteiger partial charge in [0.05, 0.1) is 7.11 Å². The van der Waals surface area contributed by atoms with Crippen molar-refractivity contribution in [2.24, 2.45) is 0 Å². The molecule has 2 aliphatic heterocycles. The van der Waals surface area contributed by atoms with E-state index in [1.165, 1.54) is 0 Å². The van der Waals surface area contributed by atoms with Gasteiger partial charge in [0, 0.05) is 65.3 Å². The first-order chi connectivity index (χ1) is 15.1. The van der Waals surface area contributed by atoms with E-state index in [1.807, 2.05) is 23.1 Å². The molecule has 0 radical (unpaired) electrons. The lowest BCUT2D eigenvalue weighted by atomic mass is 10.2. The van der Waals surface area contributed by atoms with Gasteiger partial charge in [0.15, 0.2) is 11.5 Å². The lowest BCUT2D eigenvalue weighted by Crippen LogP contribution is -2.49. The number of β-amino-alcohol motifs (C(OH)–C–C–N with tert-alkyl or cyclic N) is 1. The highest BCUT2D eigenvalue weighted by Gasteiger charge is 2.20. The van der Waals surface area contributed by atoms with Crippen LogP contribution < -0.4 is 14.8 Å². The van der Waals surface area contributed by atoms with Crippen LogP contribution in [-0.2, 0) is 11.3 Å². The Morgan fingerprint density at radius 2 is 1.90 bits per heavy atom. The van der Waals surface area contributed by atoms with Gasteiger partial charge in [-0.15, -0.1) is 0 Å². The summed E-state index contributed by atoms with van der Waals surface area (Å²) in [5, 5.41) is 13.8. The van der Waals surface area contributed by atoms with Crippen LogP contribution in [0.2, 0.25) is 0 Å². The van der Waals surface area contributed by atoms with Gasteiger partial charge in [-0.05, 0) is 30.7 Å². The quantitative estimate of drug-likeness (QED) is 0.471. The maximum atomic E-state index is 11.7. The van der Waals surface area contributed by atoms with Gasteiger partial charge >= 0.3 is 0 Å². The van der Waals surface area contributed by atoms with Crippen molar-refractivity contribution in [3.05, 3.63) is 23.8 Å². The second kappa shape index (κ2) is 12.2. The SMILES string of the molecule is CCN1CCN(C[C@@H](O)COc2ccc(CNCCN3CCCC3=O)cc2OC)CC1. The molecule has 8 heteroatoms. The Bertz CT molecular complexity index is 694. The summed E-state index contributed by atoms with van der Waals surface area (Å²) in [5.74, 6) is 1.57. The highest BCUT2D eigenvalue weighted by atomic mass is 16.5. The fourth-order valence-electron chi connectivity index (χ4n) is 4.15. The predicted octanol–water partition coefficient (Wildman–Crippen LogP) is 0.784. The van der Waals surface area contributed by atoms with Crippen molar-refractivity contribution in [2.75, 3.05) is 72.6 Å². The molecule has 174 valence electrons. The minimum absolute atomic E-state index is 0.242. The molecular weight excluding hydrogens is 396 g/mol. The number of nitrogens with zero attached hydrogens (tertiary/aromatic N) is 3. The summed E-state index contributed by atoms with van der Waals surface area (Å²) < 4.78 is 11.3. The smallest absolute Gasteiger partial charge is 0.222 e. The van der Waals surface area contributed by atoms with E-state index < -0.39 is 6.10 Å². The summed E-state index contributed by atoms with van der Waals surface area (Å²) in [6.45, 7) is 11.3. The van der Waals surface area contributed by atoms with Crippen LogP contribution >= 0.6 is 0 Å². The third-order valence-electron chi connectivity index (χ3n) is 6.10. The molecule has 0 aromatic heterocycles. The second-order valence-corrected chi connectivity index (χ2v) is 8.35. The minimum atomic E-state index is -0.535. The summed E-state index contributed by atoms with van der Waals surface area (Å²) in [6, 6.07) is 5.86. The van der Waals surface area contributed by atoms with Gasteiger partial charge < -0.3 is 29.7 Å². The summed E-state index contributed by atoms with van der Waals surface area (Å²) in [7, 11) is 1.63. The van der Waals surface area contributed by atoms with E-state index in [0.29, 0.717) is 31.0 Å². The number of likely N-dealkylation sites (tertiary alicyclic amines) is 1. The zero-order valence-corrected chi connectivity index (χ0v) is 19.0. The van der Waals surface area contributed by atoms with Gasteiger partial charge in [-0.1, -0.05) is 13.0 Å². The van der Waals surface area contributed by atoms with Crippen molar-refractivity contribution in [2.45, 2.75) is 32.4 Å². The average Bonchev–Trinajstić information content (AvgIpc) is 3.20. The first kappa shape index (κ1) is 23.8. The Morgan fingerprint density at radius 3 is 2.58 bits per heavy atom. The van der Waals surface area contributed by atoms with E-state index in [0.717, 1.165) is 64.3 Å². The molecule has 1 atom stereocenters. The molecule has 0 saturated carbocycles. The lowest BCUT2D eigenvalue weighted by Gasteiger charge is -2.34. The molecule has 2 heterocycles. The first-order valence-electron chi connectivity index (χ1n) is 11.5. The molecule has 0 bridgehead atoms. The van der Waals surface area contributed by atoms with E-state index in [9.17, 15) is 9.90 Å². The molecule has 2 saturated heterocycles. The Labute approximate surface area is 186 Å². The third kappa shape index (κ3) is 7.35.